The van der Waals surface area contributed by atoms with Crippen molar-refractivity contribution < 1.29 is 10.2 Å². The van der Waals surface area contributed by atoms with Crippen molar-refractivity contribution >= 4 is 16.7 Å². The van der Waals surface area contributed by atoms with E-state index in [-0.39, 0.29) is 11.5 Å². The molecule has 0 saturated carbocycles. The van der Waals surface area contributed by atoms with Crippen LogP contribution < -0.4 is 5.32 Å². The molecular formula is C21H17N3O2. The Morgan fingerprint density at radius 3 is 2.27 bits per heavy atom. The number of nitrogens with one attached hydrogen (secondary N) is 1. The van der Waals surface area contributed by atoms with Crippen LogP contribution in [0.15, 0.2) is 79.1 Å². The number of nitrogens with zero attached hydrogens (tertiary/aromatic N) is 2. The number of rotatable bonds is 4. The maximum absolute atomic E-state index is 10.6. The lowest BCUT2D eigenvalue weighted by Crippen LogP contribution is -2.15. The van der Waals surface area contributed by atoms with Gasteiger partial charge in [0.2, 0.25) is 5.95 Å². The summed E-state index contributed by atoms with van der Waals surface area (Å²) in [4.78, 5) is 8.45. The number of fused-ring (bicyclic) bond motifs is 1. The Bertz CT molecular complexity index is 1050. The fourth-order valence-electron chi connectivity index (χ4n) is 3.13. The third-order valence-electron chi connectivity index (χ3n) is 4.32. The Labute approximate surface area is 150 Å². The van der Waals surface area contributed by atoms with Crippen LogP contribution in [-0.2, 0) is 0 Å². The van der Waals surface area contributed by atoms with Gasteiger partial charge in [-0.3, -0.25) is 0 Å². The number of aromatic nitrogens is 2. The minimum atomic E-state index is -0.523. The predicted octanol–water partition coefficient (Wildman–Crippen LogP) is 4.24. The molecule has 26 heavy (non-hydrogen) atoms. The van der Waals surface area contributed by atoms with Crippen LogP contribution in [0, 0.1) is 0 Å². The van der Waals surface area contributed by atoms with Crippen LogP contribution in [0.3, 0.4) is 0 Å². The van der Waals surface area contributed by atoms with Crippen LogP contribution in [-0.4, -0.2) is 20.2 Å². The van der Waals surface area contributed by atoms with E-state index in [0.29, 0.717) is 17.1 Å². The van der Waals surface area contributed by atoms with Crippen molar-refractivity contribution in [3.05, 3.63) is 90.3 Å². The van der Waals surface area contributed by atoms with Crippen molar-refractivity contribution in [3.63, 3.8) is 0 Å². The Hall–Kier alpha value is -3.60. The number of anilines is 1. The zero-order valence-corrected chi connectivity index (χ0v) is 13.9. The average Bonchev–Trinajstić information content (AvgIpc) is 2.68. The molecular weight excluding hydrogens is 326 g/mol. The second-order valence-corrected chi connectivity index (χ2v) is 5.93. The molecule has 3 aromatic carbocycles. The molecule has 0 spiro atoms. The van der Waals surface area contributed by atoms with E-state index in [0.717, 1.165) is 10.8 Å². The highest BCUT2D eigenvalue weighted by Crippen LogP contribution is 2.39. The minimum absolute atomic E-state index is 0.133. The molecule has 0 aliphatic rings. The molecule has 1 heterocycles. The lowest BCUT2D eigenvalue weighted by molar-refractivity contribution is 0.458. The standard InChI is InChI=1S/C21H17N3O2/c25-17-9-4-3-8-16(17)20(24-21-22-12-5-13-23-21)19-15-7-2-1-6-14(15)10-11-18(19)26/h1-13,20,25-26H,(H,22,23,24). The molecule has 128 valence electrons. The van der Waals surface area contributed by atoms with Crippen molar-refractivity contribution in [2.24, 2.45) is 0 Å². The second kappa shape index (κ2) is 6.72. The molecule has 4 rings (SSSR count). The Balaban J connectivity index is 1.94. The first-order valence-electron chi connectivity index (χ1n) is 8.26. The van der Waals surface area contributed by atoms with Crippen molar-refractivity contribution in [2.75, 3.05) is 5.32 Å². The van der Waals surface area contributed by atoms with E-state index in [1.807, 2.05) is 42.5 Å². The second-order valence-electron chi connectivity index (χ2n) is 5.93. The first-order valence-corrected chi connectivity index (χ1v) is 8.26. The summed E-state index contributed by atoms with van der Waals surface area (Å²) >= 11 is 0. The van der Waals surface area contributed by atoms with Crippen LogP contribution in [0.2, 0.25) is 0 Å². The monoisotopic (exact) mass is 343 g/mol. The van der Waals surface area contributed by atoms with Gasteiger partial charge in [0.25, 0.3) is 0 Å². The predicted molar refractivity (Wildman–Crippen MR) is 101 cm³/mol. The topological polar surface area (TPSA) is 78.3 Å². The van der Waals surface area contributed by atoms with E-state index in [4.69, 9.17) is 0 Å². The lowest BCUT2D eigenvalue weighted by atomic mass is 9.92. The molecule has 0 amide bonds. The summed E-state index contributed by atoms with van der Waals surface area (Å²) in [6.45, 7) is 0. The molecule has 3 N–H and O–H groups in total. The van der Waals surface area contributed by atoms with Gasteiger partial charge in [-0.2, -0.15) is 0 Å². The molecule has 1 aromatic heterocycles. The van der Waals surface area contributed by atoms with Crippen LogP contribution in [0.5, 0.6) is 11.5 Å². The summed E-state index contributed by atoms with van der Waals surface area (Å²) in [5.74, 6) is 0.682. The first-order chi connectivity index (χ1) is 12.7. The Kier molecular flexibility index (Phi) is 4.11. The van der Waals surface area contributed by atoms with Crippen LogP contribution in [0.1, 0.15) is 17.2 Å². The minimum Gasteiger partial charge on any atom is -0.508 e. The molecule has 5 heteroatoms. The van der Waals surface area contributed by atoms with Gasteiger partial charge in [-0.25, -0.2) is 9.97 Å². The highest BCUT2D eigenvalue weighted by atomic mass is 16.3. The SMILES string of the molecule is Oc1ccccc1C(Nc1ncccn1)c1c(O)ccc2ccccc12. The van der Waals surface area contributed by atoms with Crippen LogP contribution >= 0.6 is 0 Å². The van der Waals surface area contributed by atoms with Crippen molar-refractivity contribution in [1.82, 2.24) is 9.97 Å². The van der Waals surface area contributed by atoms with Gasteiger partial charge < -0.3 is 15.5 Å². The summed E-state index contributed by atoms with van der Waals surface area (Å²) in [7, 11) is 0. The number of hydrogen-bond acceptors (Lipinski definition) is 5. The van der Waals surface area contributed by atoms with E-state index in [2.05, 4.69) is 15.3 Å². The van der Waals surface area contributed by atoms with Gasteiger partial charge in [0.05, 0.1) is 6.04 Å². The molecule has 0 aliphatic heterocycles. The molecule has 0 radical (unpaired) electrons. The molecule has 0 fully saturated rings. The highest BCUT2D eigenvalue weighted by Gasteiger charge is 2.23. The first kappa shape index (κ1) is 15.9. The van der Waals surface area contributed by atoms with Crippen molar-refractivity contribution in [1.29, 1.82) is 0 Å². The summed E-state index contributed by atoms with van der Waals surface area (Å²) in [6.07, 6.45) is 3.28. The summed E-state index contributed by atoms with van der Waals surface area (Å²) < 4.78 is 0. The quantitative estimate of drug-likeness (QED) is 0.516. The van der Waals surface area contributed by atoms with Gasteiger partial charge in [0.1, 0.15) is 11.5 Å². The molecule has 5 nitrogen and oxygen atoms in total. The highest BCUT2D eigenvalue weighted by molar-refractivity contribution is 5.89. The van der Waals surface area contributed by atoms with E-state index >= 15 is 0 Å². The Morgan fingerprint density at radius 1 is 0.731 bits per heavy atom. The van der Waals surface area contributed by atoms with Gasteiger partial charge >= 0.3 is 0 Å². The third kappa shape index (κ3) is 2.91. The van der Waals surface area contributed by atoms with E-state index in [1.54, 1.807) is 36.7 Å². The fourth-order valence-corrected chi connectivity index (χ4v) is 3.13. The number of phenolic OH excluding ortho intramolecular Hbond substituents is 2. The van der Waals surface area contributed by atoms with E-state index < -0.39 is 6.04 Å². The molecule has 0 bridgehead atoms. The van der Waals surface area contributed by atoms with Crippen LogP contribution in [0.25, 0.3) is 10.8 Å². The van der Waals surface area contributed by atoms with Crippen LogP contribution in [0.4, 0.5) is 5.95 Å². The summed E-state index contributed by atoms with van der Waals surface area (Å²) in [5, 5.41) is 26.2. The van der Waals surface area contributed by atoms with Gasteiger partial charge in [-0.1, -0.05) is 48.5 Å². The maximum atomic E-state index is 10.6. The van der Waals surface area contributed by atoms with E-state index in [1.165, 1.54) is 0 Å². The number of benzene rings is 3. The summed E-state index contributed by atoms with van der Waals surface area (Å²) in [6, 6.07) is 19.6. The van der Waals surface area contributed by atoms with Crippen molar-refractivity contribution in [2.45, 2.75) is 6.04 Å². The summed E-state index contributed by atoms with van der Waals surface area (Å²) in [5.41, 5.74) is 1.30. The zero-order chi connectivity index (χ0) is 17.9. The van der Waals surface area contributed by atoms with Crippen molar-refractivity contribution in [3.8, 4) is 11.5 Å². The number of hydrogen-bond donors (Lipinski definition) is 3. The normalized spacial score (nSPS) is 12.0. The molecule has 0 saturated heterocycles. The molecule has 1 unspecified atom stereocenters. The maximum Gasteiger partial charge on any atom is 0.223 e. The molecule has 0 aliphatic carbocycles. The van der Waals surface area contributed by atoms with Gasteiger partial charge in [0.15, 0.2) is 0 Å². The Morgan fingerprint density at radius 2 is 1.46 bits per heavy atom. The third-order valence-corrected chi connectivity index (χ3v) is 4.32. The molecule has 4 aromatic rings. The van der Waals surface area contributed by atoms with E-state index in [9.17, 15) is 10.2 Å². The van der Waals surface area contributed by atoms with Gasteiger partial charge in [-0.05, 0) is 29.0 Å². The molecule has 1 atom stereocenters. The average molecular weight is 343 g/mol. The number of phenols is 2. The number of aromatic hydroxyl groups is 2. The fraction of sp³-hybridized carbons (Fsp3) is 0.0476. The largest absolute Gasteiger partial charge is 0.508 e. The lowest BCUT2D eigenvalue weighted by Gasteiger charge is -2.23. The smallest absolute Gasteiger partial charge is 0.223 e. The zero-order valence-electron chi connectivity index (χ0n) is 13.9. The number of para-hydroxylation sites is 1. The van der Waals surface area contributed by atoms with Gasteiger partial charge in [-0.15, -0.1) is 0 Å². The van der Waals surface area contributed by atoms with Gasteiger partial charge in [0, 0.05) is 23.5 Å².